The quantitative estimate of drug-likeness (QED) is 0.497. The van der Waals surface area contributed by atoms with Gasteiger partial charge in [0, 0.05) is 6.42 Å². The summed E-state index contributed by atoms with van der Waals surface area (Å²) in [6.45, 7) is 0.236. The molecule has 0 aromatic carbocycles. The van der Waals surface area contributed by atoms with Crippen molar-refractivity contribution >= 4 is 5.97 Å². The van der Waals surface area contributed by atoms with Crippen molar-refractivity contribution in [2.45, 2.75) is 18.6 Å². The van der Waals surface area contributed by atoms with Gasteiger partial charge in [-0.05, 0) is 0 Å². The van der Waals surface area contributed by atoms with E-state index in [0.717, 1.165) is 0 Å². The van der Waals surface area contributed by atoms with Gasteiger partial charge in [-0.3, -0.25) is 0 Å². The van der Waals surface area contributed by atoms with Gasteiger partial charge in [0.05, 0.1) is 19.8 Å². The average Bonchev–Trinajstić information content (AvgIpc) is 2.34. The third-order valence-corrected chi connectivity index (χ3v) is 1.44. The third kappa shape index (κ3) is 1.46. The Labute approximate surface area is 58.7 Å². The molecule has 0 aliphatic carbocycles. The highest BCUT2D eigenvalue weighted by Gasteiger charge is 2.30. The summed E-state index contributed by atoms with van der Waals surface area (Å²) in [5.41, 5.74) is 0. The van der Waals surface area contributed by atoms with E-state index in [0.29, 0.717) is 6.42 Å². The molecule has 0 bridgehead atoms. The second-order valence-electron chi connectivity index (χ2n) is 2.23. The number of rotatable bonds is 1. The molecule has 1 rings (SSSR count). The fourth-order valence-electron chi connectivity index (χ4n) is 0.906. The highest BCUT2D eigenvalue weighted by Crippen LogP contribution is 2.13. The molecule has 0 aromatic heterocycles. The number of hydrogen-bond acceptors (Lipinski definition) is 4. The maximum absolute atomic E-state index is 10.7. The van der Waals surface area contributed by atoms with Crippen molar-refractivity contribution in [2.75, 3.05) is 13.7 Å². The molecule has 1 saturated heterocycles. The standard InChI is InChI=1S/C6H10O4/c1-9-6(8)5-2-4(7)3-10-5/h4-5,7H,2-3H2,1H3/t4-,5+/m0/s1. The molecular formula is C6H10O4. The Morgan fingerprint density at radius 2 is 2.50 bits per heavy atom. The Morgan fingerprint density at radius 1 is 1.80 bits per heavy atom. The summed E-state index contributed by atoms with van der Waals surface area (Å²) in [7, 11) is 1.30. The van der Waals surface area contributed by atoms with E-state index in [9.17, 15) is 4.79 Å². The first-order valence-electron chi connectivity index (χ1n) is 3.11. The van der Waals surface area contributed by atoms with Gasteiger partial charge in [-0.2, -0.15) is 0 Å². The first kappa shape index (κ1) is 7.50. The fraction of sp³-hybridized carbons (Fsp3) is 0.833. The number of carbonyl (C=O) groups excluding carboxylic acids is 1. The molecule has 1 aliphatic heterocycles. The number of ether oxygens (including phenoxy) is 2. The minimum absolute atomic E-state index is 0.236. The number of aliphatic hydroxyl groups excluding tert-OH is 1. The largest absolute Gasteiger partial charge is 0.467 e. The second kappa shape index (κ2) is 2.98. The van der Waals surface area contributed by atoms with E-state index < -0.39 is 18.2 Å². The molecular weight excluding hydrogens is 136 g/mol. The van der Waals surface area contributed by atoms with Crippen molar-refractivity contribution < 1.29 is 19.4 Å². The van der Waals surface area contributed by atoms with Crippen LogP contribution in [-0.4, -0.2) is 37.0 Å². The SMILES string of the molecule is COC(=O)[C@H]1C[C@H](O)CO1. The highest BCUT2D eigenvalue weighted by molar-refractivity contribution is 5.74. The predicted octanol–water partition coefficient (Wildman–Crippen LogP) is -0.691. The van der Waals surface area contributed by atoms with Crippen LogP contribution in [0.4, 0.5) is 0 Å². The van der Waals surface area contributed by atoms with Crippen LogP contribution >= 0.6 is 0 Å². The number of esters is 1. The fourth-order valence-corrected chi connectivity index (χ4v) is 0.906. The van der Waals surface area contributed by atoms with Crippen LogP contribution in [0.5, 0.6) is 0 Å². The van der Waals surface area contributed by atoms with Crippen molar-refractivity contribution in [3.63, 3.8) is 0 Å². The van der Waals surface area contributed by atoms with Gasteiger partial charge in [0.1, 0.15) is 0 Å². The number of methoxy groups -OCH3 is 1. The average molecular weight is 146 g/mol. The first-order chi connectivity index (χ1) is 4.74. The van der Waals surface area contributed by atoms with Gasteiger partial charge in [0.2, 0.25) is 0 Å². The molecule has 0 unspecified atom stereocenters. The first-order valence-corrected chi connectivity index (χ1v) is 3.11. The molecule has 58 valence electrons. The molecule has 2 atom stereocenters. The molecule has 0 radical (unpaired) electrons. The Morgan fingerprint density at radius 3 is 2.90 bits per heavy atom. The van der Waals surface area contributed by atoms with E-state index >= 15 is 0 Å². The van der Waals surface area contributed by atoms with E-state index in [2.05, 4.69) is 4.74 Å². The van der Waals surface area contributed by atoms with Crippen LogP contribution in [-0.2, 0) is 14.3 Å². The monoisotopic (exact) mass is 146 g/mol. The van der Waals surface area contributed by atoms with Crippen LogP contribution in [0, 0.1) is 0 Å². The molecule has 0 spiro atoms. The Kier molecular flexibility index (Phi) is 2.24. The Hall–Kier alpha value is -0.610. The van der Waals surface area contributed by atoms with Crippen LogP contribution in [0.1, 0.15) is 6.42 Å². The lowest BCUT2D eigenvalue weighted by Crippen LogP contribution is -2.21. The van der Waals surface area contributed by atoms with Crippen LogP contribution in [0.3, 0.4) is 0 Å². The van der Waals surface area contributed by atoms with Gasteiger partial charge in [0.15, 0.2) is 6.10 Å². The topological polar surface area (TPSA) is 55.8 Å². The second-order valence-corrected chi connectivity index (χ2v) is 2.23. The molecule has 4 heteroatoms. The Balaban J connectivity index is 2.37. The van der Waals surface area contributed by atoms with Crippen molar-refractivity contribution in [1.29, 1.82) is 0 Å². The number of aliphatic hydroxyl groups is 1. The molecule has 1 heterocycles. The lowest BCUT2D eigenvalue weighted by atomic mass is 10.2. The zero-order chi connectivity index (χ0) is 7.56. The van der Waals surface area contributed by atoms with Crippen molar-refractivity contribution in [2.24, 2.45) is 0 Å². The van der Waals surface area contributed by atoms with E-state index in [-0.39, 0.29) is 6.61 Å². The minimum Gasteiger partial charge on any atom is -0.467 e. The molecule has 1 fully saturated rings. The highest BCUT2D eigenvalue weighted by atomic mass is 16.6. The van der Waals surface area contributed by atoms with Crippen molar-refractivity contribution in [1.82, 2.24) is 0 Å². The van der Waals surface area contributed by atoms with Crippen LogP contribution in [0.2, 0.25) is 0 Å². The molecule has 1 aliphatic rings. The van der Waals surface area contributed by atoms with Gasteiger partial charge in [-0.15, -0.1) is 0 Å². The summed E-state index contributed by atoms with van der Waals surface area (Å²) < 4.78 is 9.30. The number of hydrogen-bond donors (Lipinski definition) is 1. The third-order valence-electron chi connectivity index (χ3n) is 1.44. The lowest BCUT2D eigenvalue weighted by Gasteiger charge is -2.04. The van der Waals surface area contributed by atoms with E-state index in [1.807, 2.05) is 0 Å². The van der Waals surface area contributed by atoms with E-state index in [4.69, 9.17) is 9.84 Å². The summed E-state index contributed by atoms with van der Waals surface area (Å²) in [6.07, 6.45) is -0.712. The summed E-state index contributed by atoms with van der Waals surface area (Å²) in [5.74, 6) is -0.406. The van der Waals surface area contributed by atoms with Crippen LogP contribution in [0.15, 0.2) is 0 Å². The maximum atomic E-state index is 10.7. The summed E-state index contributed by atoms with van der Waals surface area (Å²) in [5, 5.41) is 8.91. The summed E-state index contributed by atoms with van der Waals surface area (Å²) in [4.78, 5) is 10.7. The zero-order valence-electron chi connectivity index (χ0n) is 5.74. The molecule has 1 N–H and O–H groups in total. The van der Waals surface area contributed by atoms with Crippen molar-refractivity contribution in [3.8, 4) is 0 Å². The van der Waals surface area contributed by atoms with Gasteiger partial charge in [-0.25, -0.2) is 4.79 Å². The molecule has 0 aromatic rings. The van der Waals surface area contributed by atoms with Crippen LogP contribution < -0.4 is 0 Å². The van der Waals surface area contributed by atoms with Crippen LogP contribution in [0.25, 0.3) is 0 Å². The molecule has 10 heavy (non-hydrogen) atoms. The number of carbonyl (C=O) groups is 1. The Bertz CT molecular complexity index is 134. The lowest BCUT2D eigenvalue weighted by molar-refractivity contribution is -0.151. The smallest absolute Gasteiger partial charge is 0.335 e. The van der Waals surface area contributed by atoms with Crippen molar-refractivity contribution in [3.05, 3.63) is 0 Å². The van der Waals surface area contributed by atoms with Gasteiger partial charge < -0.3 is 14.6 Å². The van der Waals surface area contributed by atoms with Gasteiger partial charge in [-0.1, -0.05) is 0 Å². The van der Waals surface area contributed by atoms with Gasteiger partial charge in [0.25, 0.3) is 0 Å². The zero-order valence-corrected chi connectivity index (χ0v) is 5.74. The molecule has 0 amide bonds. The summed E-state index contributed by atoms with van der Waals surface area (Å²) in [6, 6.07) is 0. The normalized spacial score (nSPS) is 32.2. The van der Waals surface area contributed by atoms with E-state index in [1.54, 1.807) is 0 Å². The minimum atomic E-state index is -0.556. The molecule has 4 nitrogen and oxygen atoms in total. The molecule has 0 saturated carbocycles. The summed E-state index contributed by atoms with van der Waals surface area (Å²) >= 11 is 0. The van der Waals surface area contributed by atoms with Gasteiger partial charge >= 0.3 is 5.97 Å². The predicted molar refractivity (Wildman–Crippen MR) is 32.4 cm³/mol. The maximum Gasteiger partial charge on any atom is 0.335 e. The van der Waals surface area contributed by atoms with E-state index in [1.165, 1.54) is 7.11 Å².